The van der Waals surface area contributed by atoms with E-state index in [9.17, 15) is 24.5 Å². The van der Waals surface area contributed by atoms with Crippen LogP contribution in [0.3, 0.4) is 0 Å². The van der Waals surface area contributed by atoms with Gasteiger partial charge < -0.3 is 15.1 Å². The molecule has 1 aromatic heterocycles. The van der Waals surface area contributed by atoms with Crippen molar-refractivity contribution >= 4 is 40.8 Å². The maximum Gasteiger partial charge on any atom is 0.352 e. The van der Waals surface area contributed by atoms with Crippen molar-refractivity contribution in [3.8, 4) is 0 Å². The number of hydrogen-bond acceptors (Lipinski definition) is 5. The molecule has 0 saturated heterocycles. The fourth-order valence-electron chi connectivity index (χ4n) is 3.36. The summed E-state index contributed by atoms with van der Waals surface area (Å²) in [6.45, 7) is 0. The Morgan fingerprint density at radius 3 is 2.28 bits per heavy atom. The minimum Gasteiger partial charge on any atom is -0.367 e. The third-order valence-corrected chi connectivity index (χ3v) is 5.71. The Morgan fingerprint density at radius 2 is 1.59 bits per heavy atom. The number of aromatic nitrogens is 1. The van der Waals surface area contributed by atoms with E-state index in [0.717, 1.165) is 0 Å². The largest absolute Gasteiger partial charge is 0.367 e. The summed E-state index contributed by atoms with van der Waals surface area (Å²) >= 11 is 0. The highest BCUT2D eigenvalue weighted by Gasteiger charge is 2.32. The Hall–Kier alpha value is -3.32. The Bertz CT molecular complexity index is 1270. The first-order valence-corrected chi connectivity index (χ1v) is 10.4. The monoisotopic (exact) mass is 409 g/mol. The number of para-hydroxylation sites is 1. The quantitative estimate of drug-likeness (QED) is 0.191. The van der Waals surface area contributed by atoms with Crippen LogP contribution >= 0.6 is 7.60 Å². The van der Waals surface area contributed by atoms with Gasteiger partial charge in [0.2, 0.25) is 0 Å². The summed E-state index contributed by atoms with van der Waals surface area (Å²) in [5.74, 6) is -1.38. The number of benzene rings is 3. The Kier molecular flexibility index (Phi) is 4.76. The van der Waals surface area contributed by atoms with E-state index >= 15 is 0 Å². The van der Waals surface area contributed by atoms with E-state index in [1.165, 1.54) is 12.1 Å². The third kappa shape index (κ3) is 3.56. The van der Waals surface area contributed by atoms with Gasteiger partial charge in [0, 0.05) is 11.5 Å². The van der Waals surface area contributed by atoms with E-state index in [2.05, 4.69) is 10.3 Å². The highest BCUT2D eigenvalue weighted by atomic mass is 31.2. The molecule has 0 aliphatic heterocycles. The number of hydrogen-bond donors (Lipinski definition) is 3. The summed E-state index contributed by atoms with van der Waals surface area (Å²) in [6, 6.07) is 19.8. The Balaban J connectivity index is 2.04. The molecule has 0 amide bonds. The fraction of sp³-hybridized carbons (Fsp3) is 0.0500. The molecule has 4 aromatic rings. The van der Waals surface area contributed by atoms with Crippen molar-refractivity contribution in [3.05, 3.63) is 88.5 Å². The summed E-state index contributed by atoms with van der Waals surface area (Å²) in [7, 11) is -4.66. The third-order valence-electron chi connectivity index (χ3n) is 4.61. The zero-order valence-corrected chi connectivity index (χ0v) is 15.9. The lowest BCUT2D eigenvalue weighted by atomic mass is 10.1. The maximum atomic E-state index is 12.3. The Labute approximate surface area is 165 Å². The summed E-state index contributed by atoms with van der Waals surface area (Å²) < 4.78 is 12.3. The smallest absolute Gasteiger partial charge is 0.352 e. The highest BCUT2D eigenvalue weighted by molar-refractivity contribution is 7.52. The van der Waals surface area contributed by atoms with E-state index in [4.69, 9.17) is 0 Å². The lowest BCUT2D eigenvalue weighted by Crippen LogP contribution is -2.12. The number of anilines is 1. The van der Waals surface area contributed by atoms with Crippen molar-refractivity contribution in [2.45, 2.75) is 5.78 Å². The van der Waals surface area contributed by atoms with Crippen LogP contribution in [0, 0.1) is 10.1 Å². The topological polar surface area (TPSA) is 126 Å². The number of rotatable bonds is 5. The van der Waals surface area contributed by atoms with Crippen LogP contribution in [0.1, 0.15) is 11.3 Å². The molecule has 9 heteroatoms. The van der Waals surface area contributed by atoms with Gasteiger partial charge in [-0.3, -0.25) is 14.7 Å². The maximum absolute atomic E-state index is 12.3. The predicted molar refractivity (Wildman–Crippen MR) is 111 cm³/mol. The molecule has 1 unspecified atom stereocenters. The van der Waals surface area contributed by atoms with Gasteiger partial charge in [0.25, 0.3) is 5.69 Å². The van der Waals surface area contributed by atoms with Crippen LogP contribution in [0.2, 0.25) is 0 Å². The van der Waals surface area contributed by atoms with Crippen LogP contribution in [-0.2, 0) is 4.57 Å². The van der Waals surface area contributed by atoms with E-state index in [1.807, 2.05) is 0 Å². The molecule has 3 N–H and O–H groups in total. The van der Waals surface area contributed by atoms with Gasteiger partial charge in [-0.1, -0.05) is 54.6 Å². The SMILES string of the molecule is O=[N+]([O-])c1cccc2nc3ccccc3c(NC(c3ccccc3)P(=O)(O)O)c12. The van der Waals surface area contributed by atoms with Gasteiger partial charge >= 0.3 is 7.60 Å². The van der Waals surface area contributed by atoms with E-state index in [0.29, 0.717) is 22.0 Å². The van der Waals surface area contributed by atoms with Crippen molar-refractivity contribution in [1.29, 1.82) is 0 Å². The van der Waals surface area contributed by atoms with E-state index in [-0.39, 0.29) is 16.8 Å². The molecular weight excluding hydrogens is 393 g/mol. The van der Waals surface area contributed by atoms with E-state index in [1.54, 1.807) is 60.7 Å². The van der Waals surface area contributed by atoms with Crippen molar-refractivity contribution in [3.63, 3.8) is 0 Å². The van der Waals surface area contributed by atoms with Crippen molar-refractivity contribution in [2.75, 3.05) is 5.32 Å². The van der Waals surface area contributed by atoms with Gasteiger partial charge in [0.05, 0.1) is 21.6 Å². The molecule has 1 atom stereocenters. The van der Waals surface area contributed by atoms with Gasteiger partial charge in [-0.05, 0) is 17.7 Å². The molecule has 0 aliphatic rings. The number of nitrogens with zero attached hydrogens (tertiary/aromatic N) is 2. The number of nitro benzene ring substituents is 1. The van der Waals surface area contributed by atoms with Crippen LogP contribution < -0.4 is 5.32 Å². The molecule has 0 bridgehead atoms. The second kappa shape index (κ2) is 7.25. The van der Waals surface area contributed by atoms with E-state index < -0.39 is 18.3 Å². The van der Waals surface area contributed by atoms with Gasteiger partial charge in [0.1, 0.15) is 5.39 Å². The van der Waals surface area contributed by atoms with Crippen molar-refractivity contribution in [2.24, 2.45) is 0 Å². The first kappa shape index (κ1) is 19.0. The molecule has 8 nitrogen and oxygen atoms in total. The second-order valence-electron chi connectivity index (χ2n) is 6.48. The lowest BCUT2D eigenvalue weighted by molar-refractivity contribution is -0.383. The zero-order valence-electron chi connectivity index (χ0n) is 15.0. The van der Waals surface area contributed by atoms with Crippen LogP contribution in [0.4, 0.5) is 11.4 Å². The standard InChI is InChI=1S/C20H16N3O5P/c24-23(25)17-12-6-11-16-18(17)19(14-9-4-5-10-15(14)21-16)22-20(29(26,27)28)13-7-2-1-3-8-13/h1-12,20H,(H,21,22)(H2,26,27,28). The average Bonchev–Trinajstić information content (AvgIpc) is 2.70. The van der Waals surface area contributed by atoms with Crippen LogP contribution in [-0.4, -0.2) is 19.7 Å². The number of pyridine rings is 1. The van der Waals surface area contributed by atoms with Gasteiger partial charge in [-0.15, -0.1) is 0 Å². The fourth-order valence-corrected chi connectivity index (χ4v) is 4.22. The summed E-state index contributed by atoms with van der Waals surface area (Å²) in [6.07, 6.45) is 0. The summed E-state index contributed by atoms with van der Waals surface area (Å²) in [4.78, 5) is 35.6. The van der Waals surface area contributed by atoms with Gasteiger partial charge in [-0.25, -0.2) is 4.98 Å². The minimum atomic E-state index is -4.66. The lowest BCUT2D eigenvalue weighted by Gasteiger charge is -2.23. The van der Waals surface area contributed by atoms with Gasteiger partial charge in [0.15, 0.2) is 5.78 Å². The molecular formula is C20H16N3O5P. The molecule has 0 spiro atoms. The second-order valence-corrected chi connectivity index (χ2v) is 8.17. The van der Waals surface area contributed by atoms with Crippen LogP contribution in [0.15, 0.2) is 72.8 Å². The minimum absolute atomic E-state index is 0.194. The Morgan fingerprint density at radius 1 is 0.931 bits per heavy atom. The first-order chi connectivity index (χ1) is 13.9. The van der Waals surface area contributed by atoms with Gasteiger partial charge in [-0.2, -0.15) is 0 Å². The average molecular weight is 409 g/mol. The zero-order chi connectivity index (χ0) is 20.6. The predicted octanol–water partition coefficient (Wildman–Crippen LogP) is 4.58. The molecule has 0 aliphatic carbocycles. The number of non-ortho nitro benzene ring substituents is 1. The summed E-state index contributed by atoms with van der Waals surface area (Å²) in [5, 5.41) is 15.3. The number of fused-ring (bicyclic) bond motifs is 2. The number of nitrogens with one attached hydrogen (secondary N) is 1. The molecule has 0 fully saturated rings. The first-order valence-electron chi connectivity index (χ1n) is 8.69. The van der Waals surface area contributed by atoms with Crippen LogP contribution in [0.25, 0.3) is 21.8 Å². The molecule has 4 rings (SSSR count). The molecule has 29 heavy (non-hydrogen) atoms. The molecule has 146 valence electrons. The molecule has 1 heterocycles. The van der Waals surface area contributed by atoms with Crippen molar-refractivity contribution in [1.82, 2.24) is 4.98 Å². The molecule has 0 radical (unpaired) electrons. The van der Waals surface area contributed by atoms with Crippen LogP contribution in [0.5, 0.6) is 0 Å². The highest BCUT2D eigenvalue weighted by Crippen LogP contribution is 2.53. The summed E-state index contributed by atoms with van der Waals surface area (Å²) in [5.41, 5.74) is 1.35. The normalized spacial score (nSPS) is 12.8. The molecule has 3 aromatic carbocycles. The number of nitro groups is 1. The van der Waals surface area contributed by atoms with Crippen molar-refractivity contribution < 1.29 is 19.3 Å². The molecule has 0 saturated carbocycles.